The Labute approximate surface area is 337 Å². The summed E-state index contributed by atoms with van der Waals surface area (Å²) < 4.78 is 52.3. The number of halogens is 3. The molecule has 316 valence electrons. The van der Waals surface area contributed by atoms with E-state index in [1.807, 2.05) is 42.7 Å². The highest BCUT2D eigenvalue weighted by atomic mass is 19.4. The number of nitrogens with one attached hydrogen (secondary N) is 1. The van der Waals surface area contributed by atoms with Crippen LogP contribution in [0.3, 0.4) is 0 Å². The van der Waals surface area contributed by atoms with E-state index in [9.17, 15) is 32.9 Å². The quantitative estimate of drug-likeness (QED) is 0.156. The molecule has 1 aliphatic carbocycles. The third-order valence-electron chi connectivity index (χ3n) is 11.8. The van der Waals surface area contributed by atoms with Crippen molar-refractivity contribution in [3.63, 3.8) is 0 Å². The van der Waals surface area contributed by atoms with Crippen molar-refractivity contribution < 1.29 is 37.2 Å². The van der Waals surface area contributed by atoms with Crippen LogP contribution in [0.15, 0.2) is 30.3 Å². The second-order valence-corrected chi connectivity index (χ2v) is 17.1. The van der Waals surface area contributed by atoms with E-state index in [2.05, 4.69) is 20.2 Å². The summed E-state index contributed by atoms with van der Waals surface area (Å²) in [5.74, 6) is 2.34. The van der Waals surface area contributed by atoms with E-state index in [1.165, 1.54) is 0 Å². The van der Waals surface area contributed by atoms with Gasteiger partial charge in [0, 0.05) is 68.8 Å². The summed E-state index contributed by atoms with van der Waals surface area (Å²) in [5, 5.41) is 15.3. The number of aryl methyl sites for hydroxylation is 1. The van der Waals surface area contributed by atoms with E-state index in [0.29, 0.717) is 40.3 Å². The molecule has 1 N–H and O–H groups in total. The predicted octanol–water partition coefficient (Wildman–Crippen LogP) is 8.50. The number of ether oxygens (including phenoxy) is 2. The van der Waals surface area contributed by atoms with Gasteiger partial charge in [-0.3, -0.25) is 19.8 Å². The van der Waals surface area contributed by atoms with Gasteiger partial charge in [0.15, 0.2) is 0 Å². The second kappa shape index (κ2) is 17.6. The average Bonchev–Trinajstić information content (AvgIpc) is 3.18. The summed E-state index contributed by atoms with van der Waals surface area (Å²) in [4.78, 5) is 52.3. The third-order valence-corrected chi connectivity index (χ3v) is 11.8. The van der Waals surface area contributed by atoms with Crippen LogP contribution >= 0.6 is 0 Å². The maximum Gasteiger partial charge on any atom is 0.416 e. The van der Waals surface area contributed by atoms with E-state index in [0.717, 1.165) is 108 Å². The monoisotopic (exact) mass is 811 g/mol. The van der Waals surface area contributed by atoms with Gasteiger partial charge in [-0.2, -0.15) is 13.2 Å². The van der Waals surface area contributed by atoms with Crippen LogP contribution in [-0.4, -0.2) is 100 Å². The first kappa shape index (κ1) is 42.9. The first-order valence-electron chi connectivity index (χ1n) is 20.4. The number of amides is 2. The summed E-state index contributed by atoms with van der Waals surface area (Å²) in [5.41, 5.74) is -0.607. The SMILES string of the molecule is COc1cc2nc(C)nc(N[C@H](C)c3cc([N+](=O)[O-])cc(C(F)(F)F)c3)c2cc1C1CCC(C(=O)N2CCN(CCC3CCN(C(=O)OC(C)(C)C)CC3)CC2)CC1. The number of fused-ring (bicyclic) bond motifs is 1. The highest BCUT2D eigenvalue weighted by Gasteiger charge is 2.35. The fourth-order valence-electron chi connectivity index (χ4n) is 8.53. The van der Waals surface area contributed by atoms with Crippen LogP contribution in [0, 0.1) is 28.9 Å². The summed E-state index contributed by atoms with van der Waals surface area (Å²) >= 11 is 0. The molecule has 2 saturated heterocycles. The first-order valence-corrected chi connectivity index (χ1v) is 20.4. The molecule has 6 rings (SSSR count). The molecule has 0 unspecified atom stereocenters. The molecule has 2 aromatic carbocycles. The number of piperazine rings is 1. The van der Waals surface area contributed by atoms with Gasteiger partial charge in [-0.05, 0) is 121 Å². The number of nitrogens with zero attached hydrogens (tertiary/aromatic N) is 6. The zero-order chi connectivity index (χ0) is 41.9. The van der Waals surface area contributed by atoms with Crippen molar-refractivity contribution in [1.82, 2.24) is 24.7 Å². The lowest BCUT2D eigenvalue weighted by atomic mass is 9.77. The van der Waals surface area contributed by atoms with Gasteiger partial charge in [0.05, 0.1) is 29.2 Å². The number of non-ortho nitro benzene ring substituents is 1. The number of hydrogen-bond donors (Lipinski definition) is 1. The van der Waals surface area contributed by atoms with Crippen molar-refractivity contribution in [2.24, 2.45) is 11.8 Å². The average molecular weight is 812 g/mol. The minimum absolute atomic E-state index is 0.0509. The molecule has 1 atom stereocenters. The van der Waals surface area contributed by atoms with Crippen LogP contribution in [0.5, 0.6) is 5.75 Å². The van der Waals surface area contributed by atoms with Crippen LogP contribution in [0.4, 0.5) is 29.5 Å². The summed E-state index contributed by atoms with van der Waals surface area (Å²) in [6.07, 6.45) is 1.11. The number of nitro benzene ring substituents is 1. The largest absolute Gasteiger partial charge is 0.496 e. The molecule has 1 aromatic heterocycles. The van der Waals surface area contributed by atoms with Crippen molar-refractivity contribution in [3.05, 3.63) is 63.0 Å². The van der Waals surface area contributed by atoms with E-state index in [4.69, 9.17) is 9.47 Å². The fraction of sp³-hybridized carbons (Fsp3) is 0.619. The number of piperidine rings is 1. The van der Waals surface area contributed by atoms with Crippen LogP contribution in [0.1, 0.15) is 107 Å². The molecule has 3 aliphatic rings. The Balaban J connectivity index is 1.04. The molecular formula is C42H56F3N7O6. The van der Waals surface area contributed by atoms with Crippen molar-refractivity contribution in [1.29, 1.82) is 0 Å². The minimum Gasteiger partial charge on any atom is -0.496 e. The van der Waals surface area contributed by atoms with Crippen LogP contribution in [0.25, 0.3) is 10.9 Å². The molecule has 0 radical (unpaired) electrons. The third kappa shape index (κ3) is 10.5. The maximum atomic E-state index is 13.7. The van der Waals surface area contributed by atoms with E-state index >= 15 is 0 Å². The van der Waals surface area contributed by atoms with Gasteiger partial charge >= 0.3 is 12.3 Å². The van der Waals surface area contributed by atoms with E-state index < -0.39 is 34.0 Å². The van der Waals surface area contributed by atoms with Gasteiger partial charge in [-0.15, -0.1) is 0 Å². The van der Waals surface area contributed by atoms with Crippen molar-refractivity contribution >= 4 is 34.4 Å². The number of benzene rings is 2. The maximum absolute atomic E-state index is 13.7. The normalized spacial score (nSPS) is 20.5. The number of likely N-dealkylation sites (tertiary alicyclic amines) is 1. The number of hydrogen-bond acceptors (Lipinski definition) is 10. The second-order valence-electron chi connectivity index (χ2n) is 17.1. The van der Waals surface area contributed by atoms with Gasteiger partial charge in [-0.1, -0.05) is 0 Å². The number of nitro groups is 1. The van der Waals surface area contributed by atoms with Gasteiger partial charge in [-0.25, -0.2) is 14.8 Å². The van der Waals surface area contributed by atoms with E-state index in [-0.39, 0.29) is 29.4 Å². The lowest BCUT2D eigenvalue weighted by Gasteiger charge is -2.39. The van der Waals surface area contributed by atoms with Crippen LogP contribution in [-0.2, 0) is 15.7 Å². The zero-order valence-corrected chi connectivity index (χ0v) is 34.4. The first-order chi connectivity index (χ1) is 27.4. The summed E-state index contributed by atoms with van der Waals surface area (Å²) in [6, 6.07) is 5.63. The smallest absolute Gasteiger partial charge is 0.416 e. The van der Waals surface area contributed by atoms with Gasteiger partial charge < -0.3 is 24.6 Å². The Bertz CT molecular complexity index is 1970. The number of alkyl halides is 3. The molecule has 3 aromatic rings. The Morgan fingerprint density at radius 1 is 0.931 bits per heavy atom. The van der Waals surface area contributed by atoms with Crippen LogP contribution in [0.2, 0.25) is 0 Å². The topological polar surface area (TPSA) is 143 Å². The van der Waals surface area contributed by atoms with Gasteiger partial charge in [0.2, 0.25) is 5.91 Å². The Kier molecular flexibility index (Phi) is 13.0. The molecule has 1 saturated carbocycles. The number of aromatic nitrogens is 2. The lowest BCUT2D eigenvalue weighted by molar-refractivity contribution is -0.385. The lowest BCUT2D eigenvalue weighted by Crippen LogP contribution is -2.51. The number of anilines is 1. The molecule has 16 heteroatoms. The Morgan fingerprint density at radius 3 is 2.21 bits per heavy atom. The molecule has 0 spiro atoms. The molecule has 3 fully saturated rings. The molecular weight excluding hydrogens is 755 g/mol. The van der Waals surface area contributed by atoms with Crippen LogP contribution < -0.4 is 10.1 Å². The summed E-state index contributed by atoms with van der Waals surface area (Å²) in [6.45, 7) is 14.6. The highest BCUT2D eigenvalue weighted by Crippen LogP contribution is 2.43. The molecule has 58 heavy (non-hydrogen) atoms. The zero-order valence-electron chi connectivity index (χ0n) is 34.4. The Morgan fingerprint density at radius 2 is 1.60 bits per heavy atom. The molecule has 0 bridgehead atoms. The number of carbonyl (C=O) groups is 2. The number of carbonyl (C=O) groups excluding carboxylic acids is 2. The number of methoxy groups -OCH3 is 1. The van der Waals surface area contributed by atoms with Crippen molar-refractivity contribution in [3.8, 4) is 5.75 Å². The van der Waals surface area contributed by atoms with Crippen molar-refractivity contribution in [2.45, 2.75) is 103 Å². The minimum atomic E-state index is -4.75. The van der Waals surface area contributed by atoms with Gasteiger partial charge in [0.25, 0.3) is 5.69 Å². The predicted molar refractivity (Wildman–Crippen MR) is 214 cm³/mol. The molecule has 2 aliphatic heterocycles. The van der Waals surface area contributed by atoms with E-state index in [1.54, 1.807) is 21.0 Å². The molecule has 3 heterocycles. The van der Waals surface area contributed by atoms with Crippen molar-refractivity contribution in [2.75, 3.05) is 58.2 Å². The highest BCUT2D eigenvalue weighted by molar-refractivity contribution is 5.91. The molecule has 2 amide bonds. The fourth-order valence-corrected chi connectivity index (χ4v) is 8.53. The molecule has 13 nitrogen and oxygen atoms in total. The van der Waals surface area contributed by atoms with Gasteiger partial charge in [0.1, 0.15) is 23.0 Å². The Hall–Kier alpha value is -4.73. The standard InChI is InChI=1S/C42H56F3N7O6/c1-26(31-21-32(42(43,44)45)23-33(22-31)52(55)56)46-38-35-24-34(37(57-6)25-36(35)47-27(2)48-38)29-7-9-30(10-8-29)39(53)50-19-17-49(18-20-50)14-11-28-12-15-51(16-13-28)40(54)58-41(3,4)5/h21-26,28-30H,7-20H2,1-6H3,(H,46,47,48)/t26-,29?,30?/m1/s1. The summed E-state index contributed by atoms with van der Waals surface area (Å²) in [7, 11) is 1.60. The number of rotatable bonds is 10.